The fraction of sp³-hybridized carbons (Fsp3) is 0.320. The van der Waals surface area contributed by atoms with Crippen molar-refractivity contribution in [1.29, 1.82) is 0 Å². The van der Waals surface area contributed by atoms with E-state index in [1.807, 2.05) is 14.1 Å². The van der Waals surface area contributed by atoms with Gasteiger partial charge in [0.2, 0.25) is 11.9 Å². The molecule has 0 spiro atoms. The number of benzene rings is 1. The van der Waals surface area contributed by atoms with Crippen molar-refractivity contribution in [3.05, 3.63) is 63.0 Å². The maximum atomic E-state index is 14.0. The zero-order valence-electron chi connectivity index (χ0n) is 20.5. The van der Waals surface area contributed by atoms with Crippen LogP contribution in [0.25, 0.3) is 22.1 Å². The van der Waals surface area contributed by atoms with E-state index in [4.69, 9.17) is 11.6 Å². The zero-order valence-corrected chi connectivity index (χ0v) is 21.3. The summed E-state index contributed by atoms with van der Waals surface area (Å²) in [6.45, 7) is 1.10. The lowest BCUT2D eigenvalue weighted by molar-refractivity contribution is -0.144. The van der Waals surface area contributed by atoms with Gasteiger partial charge in [-0.1, -0.05) is 23.7 Å². The summed E-state index contributed by atoms with van der Waals surface area (Å²) in [6, 6.07) is 8.40. The average molecular weight is 526 g/mol. The molecule has 4 heterocycles. The van der Waals surface area contributed by atoms with E-state index in [0.717, 1.165) is 10.1 Å². The van der Waals surface area contributed by atoms with Crippen LogP contribution in [0.15, 0.2) is 41.3 Å². The Hall–Kier alpha value is -3.99. The van der Waals surface area contributed by atoms with Gasteiger partial charge in [-0.25, -0.2) is 14.4 Å². The number of carbonyl (C=O) groups excluding carboxylic acids is 2. The van der Waals surface area contributed by atoms with E-state index in [9.17, 15) is 18.8 Å². The summed E-state index contributed by atoms with van der Waals surface area (Å²) < 4.78 is 15.2. The third-order valence-corrected chi connectivity index (χ3v) is 6.52. The maximum absolute atomic E-state index is 14.0. The van der Waals surface area contributed by atoms with Gasteiger partial charge in [0, 0.05) is 31.0 Å². The Morgan fingerprint density at radius 2 is 1.95 bits per heavy atom. The first kappa shape index (κ1) is 24.7. The zero-order chi connectivity index (χ0) is 26.5. The van der Waals surface area contributed by atoms with Crippen molar-refractivity contribution in [2.45, 2.75) is 25.7 Å². The minimum Gasteiger partial charge on any atom is -0.349 e. The van der Waals surface area contributed by atoms with Gasteiger partial charge >= 0.3 is 0 Å². The minimum absolute atomic E-state index is 0.0526. The molecular weight excluding hydrogens is 501 g/mol. The Balaban J connectivity index is 1.57. The maximum Gasteiger partial charge on any atom is 0.265 e. The third kappa shape index (κ3) is 4.74. The number of nitrogens with zero attached hydrogens (tertiary/aromatic N) is 5. The van der Waals surface area contributed by atoms with Crippen LogP contribution >= 0.6 is 11.6 Å². The van der Waals surface area contributed by atoms with Crippen LogP contribution in [0, 0.1) is 0 Å². The number of imidazole rings is 1. The number of hydrogen-bond donors (Lipinski definition) is 2. The van der Waals surface area contributed by atoms with E-state index in [2.05, 4.69) is 20.3 Å². The highest BCUT2D eigenvalue weighted by Gasteiger charge is 2.41. The second kappa shape index (κ2) is 9.15. The molecule has 192 valence electrons. The second-order valence-corrected chi connectivity index (χ2v) is 10.1. The van der Waals surface area contributed by atoms with Crippen LogP contribution in [-0.2, 0) is 17.9 Å². The predicted molar refractivity (Wildman–Crippen MR) is 139 cm³/mol. The largest absolute Gasteiger partial charge is 0.349 e. The molecule has 0 unspecified atom stereocenters. The van der Waals surface area contributed by atoms with Crippen LogP contribution in [-0.4, -0.2) is 69.1 Å². The standard InChI is InChI=1S/C25H25ClFN7O3/c1-25(27)12-33(13-25)19(35)11-34-21-16(20-18(10-28-21)30-24(31-20)32(2)3)8-17(23(34)37)22(36)29-9-14-4-6-15(26)7-5-14/h4-8,10H,9,11-13H2,1-3H3,(H,29,36)(H,30,31). The summed E-state index contributed by atoms with van der Waals surface area (Å²) in [4.78, 5) is 54.8. The molecule has 0 aliphatic carbocycles. The summed E-state index contributed by atoms with van der Waals surface area (Å²) in [5.74, 6) is -0.478. The number of likely N-dealkylation sites (tertiary alicyclic amines) is 1. The molecule has 1 saturated heterocycles. The number of fused-ring (bicyclic) bond motifs is 3. The lowest BCUT2D eigenvalue weighted by Crippen LogP contribution is -2.60. The fourth-order valence-electron chi connectivity index (χ4n) is 4.33. The summed E-state index contributed by atoms with van der Waals surface area (Å²) in [5.41, 5.74) is -0.162. The third-order valence-electron chi connectivity index (χ3n) is 6.27. The van der Waals surface area contributed by atoms with Crippen LogP contribution in [0.1, 0.15) is 22.8 Å². The van der Waals surface area contributed by atoms with Crippen LogP contribution in [0.3, 0.4) is 0 Å². The molecule has 12 heteroatoms. The van der Waals surface area contributed by atoms with Crippen LogP contribution in [0.5, 0.6) is 0 Å². The normalized spacial score (nSPS) is 14.6. The summed E-state index contributed by atoms with van der Waals surface area (Å²) in [5, 5.41) is 3.76. The van der Waals surface area contributed by atoms with Crippen molar-refractivity contribution < 1.29 is 14.0 Å². The van der Waals surface area contributed by atoms with Gasteiger partial charge in [0.25, 0.3) is 11.5 Å². The smallest absolute Gasteiger partial charge is 0.265 e. The van der Waals surface area contributed by atoms with Gasteiger partial charge in [0.1, 0.15) is 28.9 Å². The Kier molecular flexibility index (Phi) is 6.10. The highest BCUT2D eigenvalue weighted by atomic mass is 35.5. The van der Waals surface area contributed by atoms with Gasteiger partial charge in [-0.15, -0.1) is 0 Å². The molecule has 1 aliphatic rings. The van der Waals surface area contributed by atoms with Crippen LogP contribution < -0.4 is 15.8 Å². The van der Waals surface area contributed by atoms with Crippen molar-refractivity contribution in [1.82, 2.24) is 29.7 Å². The van der Waals surface area contributed by atoms with Crippen molar-refractivity contribution in [3.63, 3.8) is 0 Å². The molecule has 0 saturated carbocycles. The van der Waals surface area contributed by atoms with Crippen LogP contribution in [0.2, 0.25) is 5.02 Å². The fourth-order valence-corrected chi connectivity index (χ4v) is 4.46. The van der Waals surface area contributed by atoms with E-state index < -0.39 is 23.0 Å². The molecule has 0 radical (unpaired) electrons. The van der Waals surface area contributed by atoms with Gasteiger partial charge in [0.15, 0.2) is 0 Å². The van der Waals surface area contributed by atoms with Crippen LogP contribution in [0.4, 0.5) is 10.3 Å². The number of carbonyl (C=O) groups is 2. The van der Waals surface area contributed by atoms with Crippen molar-refractivity contribution >= 4 is 51.4 Å². The van der Waals surface area contributed by atoms with Gasteiger partial charge in [0.05, 0.1) is 24.8 Å². The van der Waals surface area contributed by atoms with E-state index in [0.29, 0.717) is 27.4 Å². The molecular formula is C25H25ClFN7O3. The summed E-state index contributed by atoms with van der Waals surface area (Å²) in [6.07, 6.45) is 1.53. The number of amides is 2. The lowest BCUT2D eigenvalue weighted by Gasteiger charge is -2.42. The van der Waals surface area contributed by atoms with E-state index in [-0.39, 0.29) is 37.4 Å². The number of aromatic amines is 1. The number of nitrogens with one attached hydrogen (secondary N) is 2. The molecule has 4 aromatic rings. The number of hydrogen-bond acceptors (Lipinski definition) is 6. The number of aromatic nitrogens is 4. The molecule has 37 heavy (non-hydrogen) atoms. The first-order valence-electron chi connectivity index (χ1n) is 11.6. The predicted octanol–water partition coefficient (Wildman–Crippen LogP) is 2.49. The molecule has 0 atom stereocenters. The van der Waals surface area contributed by atoms with Gasteiger partial charge in [-0.2, -0.15) is 0 Å². The summed E-state index contributed by atoms with van der Waals surface area (Å²) in [7, 11) is 3.65. The number of rotatable bonds is 6. The summed E-state index contributed by atoms with van der Waals surface area (Å²) >= 11 is 5.93. The second-order valence-electron chi connectivity index (χ2n) is 9.63. The van der Waals surface area contributed by atoms with Crippen molar-refractivity contribution in [2.24, 2.45) is 0 Å². The number of H-pyrrole nitrogens is 1. The highest BCUT2D eigenvalue weighted by molar-refractivity contribution is 6.30. The van der Waals surface area contributed by atoms with Gasteiger partial charge < -0.3 is 20.1 Å². The molecule has 2 amide bonds. The quantitative estimate of drug-likeness (QED) is 0.399. The number of pyridine rings is 2. The molecule has 1 aliphatic heterocycles. The Morgan fingerprint density at radius 1 is 1.24 bits per heavy atom. The number of halogens is 2. The monoisotopic (exact) mass is 525 g/mol. The molecule has 10 nitrogen and oxygen atoms in total. The van der Waals surface area contributed by atoms with Crippen molar-refractivity contribution in [2.75, 3.05) is 32.1 Å². The van der Waals surface area contributed by atoms with E-state index in [1.54, 1.807) is 29.2 Å². The molecule has 2 N–H and O–H groups in total. The number of anilines is 1. The molecule has 3 aromatic heterocycles. The Morgan fingerprint density at radius 3 is 2.59 bits per heavy atom. The first-order valence-corrected chi connectivity index (χ1v) is 12.0. The number of alkyl halides is 1. The van der Waals surface area contributed by atoms with Gasteiger partial charge in [-0.05, 0) is 30.7 Å². The SMILES string of the molecule is CN(C)c1nc2c(cnc3c2cc(C(=O)NCc2ccc(Cl)cc2)c(=O)n3CC(=O)N2CC(C)(F)C2)[nH]1. The molecule has 5 rings (SSSR count). The minimum atomic E-state index is -1.45. The molecule has 1 fully saturated rings. The Bertz CT molecular complexity index is 1590. The topological polar surface area (TPSA) is 116 Å². The first-order chi connectivity index (χ1) is 17.5. The van der Waals surface area contributed by atoms with E-state index in [1.165, 1.54) is 24.1 Å². The molecule has 1 aromatic carbocycles. The van der Waals surface area contributed by atoms with Gasteiger partial charge in [-0.3, -0.25) is 19.0 Å². The van der Waals surface area contributed by atoms with E-state index >= 15 is 0 Å². The lowest BCUT2D eigenvalue weighted by atomic mass is 9.99. The molecule has 0 bridgehead atoms. The average Bonchev–Trinajstić information content (AvgIpc) is 3.28. The Labute approximate surface area is 216 Å². The van der Waals surface area contributed by atoms with Crippen molar-refractivity contribution in [3.8, 4) is 0 Å². The highest BCUT2D eigenvalue weighted by Crippen LogP contribution is 2.26.